The lowest BCUT2D eigenvalue weighted by Gasteiger charge is -1.94. The Labute approximate surface area is 70.4 Å². The minimum Gasteiger partial charge on any atom is -0.480 e. The van der Waals surface area contributed by atoms with Crippen LogP contribution in [0.4, 0.5) is 0 Å². The third-order valence-corrected chi connectivity index (χ3v) is 1.97. The fourth-order valence-corrected chi connectivity index (χ4v) is 1.32. The molecule has 0 spiro atoms. The van der Waals surface area contributed by atoms with Gasteiger partial charge in [0.15, 0.2) is 0 Å². The van der Waals surface area contributed by atoms with E-state index in [-0.39, 0.29) is 0 Å². The van der Waals surface area contributed by atoms with Gasteiger partial charge >= 0.3 is 0 Å². The Balaban J connectivity index is 2.80. The molecule has 1 heterocycles. The molecule has 1 N–H and O–H groups in total. The highest BCUT2D eigenvalue weighted by atomic mass is 16.5. The Kier molecular flexibility index (Phi) is 1.50. The quantitative estimate of drug-likeness (QED) is 0.695. The van der Waals surface area contributed by atoms with Crippen molar-refractivity contribution < 1.29 is 4.74 Å². The molecule has 12 heavy (non-hydrogen) atoms. The van der Waals surface area contributed by atoms with Gasteiger partial charge in [-0.15, -0.1) is 5.10 Å². The molecule has 3 heteroatoms. The van der Waals surface area contributed by atoms with E-state index in [0.717, 1.165) is 10.9 Å². The molecule has 0 saturated heterocycles. The van der Waals surface area contributed by atoms with Gasteiger partial charge in [0, 0.05) is 0 Å². The number of benzene rings is 1. The van der Waals surface area contributed by atoms with Gasteiger partial charge < -0.3 is 4.74 Å². The summed E-state index contributed by atoms with van der Waals surface area (Å²) in [6.45, 7) is 2.04. The Morgan fingerprint density at radius 3 is 3.00 bits per heavy atom. The van der Waals surface area contributed by atoms with E-state index in [9.17, 15) is 0 Å². The minimum absolute atomic E-state index is 0.661. The zero-order valence-corrected chi connectivity index (χ0v) is 7.09. The van der Waals surface area contributed by atoms with Crippen LogP contribution in [0.2, 0.25) is 0 Å². The van der Waals surface area contributed by atoms with E-state index in [1.54, 1.807) is 7.11 Å². The molecule has 0 aliphatic carbocycles. The van der Waals surface area contributed by atoms with E-state index in [1.165, 1.54) is 5.56 Å². The zero-order valence-electron chi connectivity index (χ0n) is 7.09. The van der Waals surface area contributed by atoms with Crippen molar-refractivity contribution in [1.82, 2.24) is 10.2 Å². The first-order valence-corrected chi connectivity index (χ1v) is 3.80. The number of hydrogen-bond acceptors (Lipinski definition) is 2. The third-order valence-electron chi connectivity index (χ3n) is 1.97. The van der Waals surface area contributed by atoms with Crippen molar-refractivity contribution in [3.8, 4) is 5.88 Å². The van der Waals surface area contributed by atoms with Crippen LogP contribution >= 0.6 is 0 Å². The lowest BCUT2D eigenvalue weighted by Crippen LogP contribution is -1.81. The van der Waals surface area contributed by atoms with Crippen LogP contribution in [0.15, 0.2) is 18.2 Å². The maximum Gasteiger partial charge on any atom is 0.240 e. The van der Waals surface area contributed by atoms with Gasteiger partial charge in [0.2, 0.25) is 5.88 Å². The van der Waals surface area contributed by atoms with Crippen molar-refractivity contribution in [1.29, 1.82) is 0 Å². The summed E-state index contributed by atoms with van der Waals surface area (Å²) in [5.74, 6) is 0.661. The average Bonchev–Trinajstić information content (AvgIpc) is 2.49. The molecule has 0 bridgehead atoms. The predicted octanol–water partition coefficient (Wildman–Crippen LogP) is 1.88. The number of methoxy groups -OCH3 is 1. The Morgan fingerprint density at radius 1 is 1.42 bits per heavy atom. The van der Waals surface area contributed by atoms with Gasteiger partial charge in [-0.25, -0.2) is 0 Å². The number of ether oxygens (including phenoxy) is 1. The number of nitrogens with one attached hydrogen (secondary N) is 1. The van der Waals surface area contributed by atoms with Crippen molar-refractivity contribution in [2.75, 3.05) is 7.11 Å². The van der Waals surface area contributed by atoms with Crippen LogP contribution < -0.4 is 4.74 Å². The second-order valence-electron chi connectivity index (χ2n) is 2.73. The molecule has 0 aliphatic heterocycles. The number of aromatic nitrogens is 2. The van der Waals surface area contributed by atoms with E-state index in [0.29, 0.717) is 5.88 Å². The number of aryl methyl sites for hydroxylation is 1. The van der Waals surface area contributed by atoms with Crippen LogP contribution in [0.3, 0.4) is 0 Å². The standard InChI is InChI=1S/C9H10N2O/c1-6-4-3-5-7-8(6)10-11-9(7)12-2/h3-5H,1-2H3,(H,10,11). The molecule has 1 aromatic carbocycles. The molecule has 0 fully saturated rings. The highest BCUT2D eigenvalue weighted by Gasteiger charge is 2.05. The number of rotatable bonds is 1. The van der Waals surface area contributed by atoms with Gasteiger partial charge in [0.25, 0.3) is 0 Å². The number of para-hydroxylation sites is 1. The van der Waals surface area contributed by atoms with E-state index >= 15 is 0 Å². The number of aromatic amines is 1. The molecule has 2 aromatic rings. The first kappa shape index (κ1) is 7.16. The molecule has 0 radical (unpaired) electrons. The van der Waals surface area contributed by atoms with Crippen molar-refractivity contribution >= 4 is 10.9 Å². The smallest absolute Gasteiger partial charge is 0.240 e. The Hall–Kier alpha value is -1.51. The van der Waals surface area contributed by atoms with E-state index < -0.39 is 0 Å². The number of nitrogens with zero attached hydrogens (tertiary/aromatic N) is 1. The maximum absolute atomic E-state index is 5.08. The highest BCUT2D eigenvalue weighted by Crippen LogP contribution is 2.23. The molecule has 0 saturated carbocycles. The van der Waals surface area contributed by atoms with Crippen molar-refractivity contribution in [3.05, 3.63) is 23.8 Å². The summed E-state index contributed by atoms with van der Waals surface area (Å²) in [6, 6.07) is 6.03. The number of fused-ring (bicyclic) bond motifs is 1. The minimum atomic E-state index is 0.661. The molecule has 3 nitrogen and oxygen atoms in total. The second kappa shape index (κ2) is 2.52. The second-order valence-corrected chi connectivity index (χ2v) is 2.73. The lowest BCUT2D eigenvalue weighted by atomic mass is 10.2. The van der Waals surface area contributed by atoms with Crippen LogP contribution in [0.1, 0.15) is 5.56 Å². The van der Waals surface area contributed by atoms with E-state index in [2.05, 4.69) is 10.2 Å². The van der Waals surface area contributed by atoms with E-state index in [1.807, 2.05) is 25.1 Å². The third kappa shape index (κ3) is 0.863. The van der Waals surface area contributed by atoms with Gasteiger partial charge in [0.05, 0.1) is 18.0 Å². The molecule has 0 amide bonds. The first-order chi connectivity index (χ1) is 5.83. The normalized spacial score (nSPS) is 10.5. The zero-order chi connectivity index (χ0) is 8.55. The summed E-state index contributed by atoms with van der Waals surface area (Å²) in [4.78, 5) is 0. The van der Waals surface area contributed by atoms with Crippen LogP contribution in [0.25, 0.3) is 10.9 Å². The SMILES string of the molecule is COc1n[nH]c2c(C)cccc12. The van der Waals surface area contributed by atoms with Gasteiger partial charge in [0.1, 0.15) is 0 Å². The topological polar surface area (TPSA) is 37.9 Å². The Morgan fingerprint density at radius 2 is 2.25 bits per heavy atom. The van der Waals surface area contributed by atoms with Crippen molar-refractivity contribution in [3.63, 3.8) is 0 Å². The van der Waals surface area contributed by atoms with Crippen LogP contribution in [0, 0.1) is 6.92 Å². The summed E-state index contributed by atoms with van der Waals surface area (Å²) in [7, 11) is 1.62. The van der Waals surface area contributed by atoms with Gasteiger partial charge in [-0.3, -0.25) is 5.10 Å². The molecule has 1 aromatic heterocycles. The summed E-state index contributed by atoms with van der Waals surface area (Å²) in [6.07, 6.45) is 0. The molecule has 0 aliphatic rings. The molecule has 0 atom stereocenters. The van der Waals surface area contributed by atoms with Crippen LogP contribution in [0.5, 0.6) is 5.88 Å². The van der Waals surface area contributed by atoms with Crippen molar-refractivity contribution in [2.45, 2.75) is 6.92 Å². The van der Waals surface area contributed by atoms with Crippen LogP contribution in [-0.2, 0) is 0 Å². The monoisotopic (exact) mass is 162 g/mol. The molecule has 2 rings (SSSR count). The summed E-state index contributed by atoms with van der Waals surface area (Å²) in [5, 5.41) is 8.00. The molecule has 0 unspecified atom stereocenters. The average molecular weight is 162 g/mol. The number of H-pyrrole nitrogens is 1. The number of hydrogen-bond donors (Lipinski definition) is 1. The molecule has 62 valence electrons. The highest BCUT2D eigenvalue weighted by molar-refractivity contribution is 5.86. The fourth-order valence-electron chi connectivity index (χ4n) is 1.32. The summed E-state index contributed by atoms with van der Waals surface area (Å²) < 4.78 is 5.08. The maximum atomic E-state index is 5.08. The summed E-state index contributed by atoms with van der Waals surface area (Å²) in [5.41, 5.74) is 2.23. The largest absolute Gasteiger partial charge is 0.480 e. The van der Waals surface area contributed by atoms with Gasteiger partial charge in [-0.2, -0.15) is 0 Å². The van der Waals surface area contributed by atoms with Crippen molar-refractivity contribution in [2.24, 2.45) is 0 Å². The predicted molar refractivity (Wildman–Crippen MR) is 47.4 cm³/mol. The van der Waals surface area contributed by atoms with Gasteiger partial charge in [-0.05, 0) is 18.6 Å². The summed E-state index contributed by atoms with van der Waals surface area (Å²) >= 11 is 0. The Bertz CT molecular complexity index is 406. The first-order valence-electron chi connectivity index (χ1n) is 3.80. The lowest BCUT2D eigenvalue weighted by molar-refractivity contribution is 0.401. The molecular weight excluding hydrogens is 152 g/mol. The molecular formula is C9H10N2O. The fraction of sp³-hybridized carbons (Fsp3) is 0.222. The van der Waals surface area contributed by atoms with E-state index in [4.69, 9.17) is 4.74 Å². The van der Waals surface area contributed by atoms with Gasteiger partial charge in [-0.1, -0.05) is 12.1 Å². The van der Waals surface area contributed by atoms with Crippen LogP contribution in [-0.4, -0.2) is 17.3 Å².